The number of carboxylic acids is 1. The highest BCUT2D eigenvalue weighted by Crippen LogP contribution is 2.31. The lowest BCUT2D eigenvalue weighted by Gasteiger charge is -1.99. The Morgan fingerprint density at radius 1 is 1.00 bits per heavy atom. The highest BCUT2D eigenvalue weighted by Gasteiger charge is 2.20. The van der Waals surface area contributed by atoms with Crippen LogP contribution in [0.2, 0.25) is 0 Å². The van der Waals surface area contributed by atoms with Gasteiger partial charge in [-0.05, 0) is 13.8 Å². The quantitative estimate of drug-likeness (QED) is 0.270. The second kappa shape index (κ2) is 9.20. The molecule has 5 aromatic rings. The summed E-state index contributed by atoms with van der Waals surface area (Å²) in [4.78, 5) is 33.6. The molecule has 3 aromatic heterocycles. The minimum Gasteiger partial charge on any atom is -0.477 e. The number of hydrogen-bond acceptors (Lipinski definition) is 8. The maximum Gasteiger partial charge on any atom is 0.347 e. The number of aromatic carboxylic acids is 1. The number of nitrogens with zero attached hydrogens (tertiary/aromatic N) is 5. The maximum absolute atomic E-state index is 13.4. The lowest BCUT2D eigenvalue weighted by Crippen LogP contribution is -2.13. The van der Waals surface area contributed by atoms with Crippen LogP contribution in [0.5, 0.6) is 0 Å². The molecule has 0 spiro atoms. The Bertz CT molecular complexity index is 1610. The van der Waals surface area contributed by atoms with Gasteiger partial charge in [-0.2, -0.15) is 4.68 Å². The molecule has 0 aliphatic heterocycles. The average Bonchev–Trinajstić information content (AvgIpc) is 3.56. The van der Waals surface area contributed by atoms with Gasteiger partial charge in [0.05, 0.1) is 17.1 Å². The molecule has 0 unspecified atom stereocenters. The van der Waals surface area contributed by atoms with Gasteiger partial charge in [-0.25, -0.2) is 14.8 Å². The summed E-state index contributed by atoms with van der Waals surface area (Å²) in [5.74, 6) is -1.08. The standard InChI is InChI=1S/C24H18N6O3S2/c1-13-8-10-15(11-9-13)17-12-34-24(26-17)30-21(31)19(18(29-30)16-6-4-3-5-7-16)27-28-23-25-14(2)20(35-23)22(32)33/h3-12,29H,1-2H3,(H,32,33). The van der Waals surface area contributed by atoms with Gasteiger partial charge in [-0.15, -0.1) is 21.6 Å². The van der Waals surface area contributed by atoms with Crippen molar-refractivity contribution in [3.63, 3.8) is 0 Å². The van der Waals surface area contributed by atoms with Crippen molar-refractivity contribution in [2.24, 2.45) is 10.2 Å². The molecule has 5 rings (SSSR count). The molecule has 0 aliphatic rings. The Balaban J connectivity index is 1.58. The minimum absolute atomic E-state index is 0.0769. The maximum atomic E-state index is 13.4. The first-order valence-electron chi connectivity index (χ1n) is 10.5. The van der Waals surface area contributed by atoms with Crippen molar-refractivity contribution in [1.29, 1.82) is 0 Å². The molecule has 0 saturated heterocycles. The van der Waals surface area contributed by atoms with Crippen molar-refractivity contribution in [1.82, 2.24) is 19.7 Å². The van der Waals surface area contributed by atoms with Crippen LogP contribution in [0.4, 0.5) is 10.8 Å². The molecule has 0 bridgehead atoms. The highest BCUT2D eigenvalue weighted by molar-refractivity contribution is 7.17. The van der Waals surface area contributed by atoms with Crippen LogP contribution in [0.3, 0.4) is 0 Å². The molecule has 0 aliphatic carbocycles. The van der Waals surface area contributed by atoms with Gasteiger partial charge in [-0.1, -0.05) is 71.5 Å². The summed E-state index contributed by atoms with van der Waals surface area (Å²) < 4.78 is 1.34. The number of carboxylic acid groups (broad SMARTS) is 1. The molecule has 0 radical (unpaired) electrons. The molecular formula is C24H18N6O3S2. The molecule has 35 heavy (non-hydrogen) atoms. The van der Waals surface area contributed by atoms with Crippen LogP contribution in [0.15, 0.2) is 75.0 Å². The molecule has 0 amide bonds. The molecule has 0 fully saturated rings. The number of hydrogen-bond donors (Lipinski definition) is 2. The van der Waals surface area contributed by atoms with E-state index in [1.165, 1.54) is 16.0 Å². The number of benzene rings is 2. The van der Waals surface area contributed by atoms with Crippen molar-refractivity contribution in [3.8, 4) is 27.6 Å². The Labute approximate surface area is 207 Å². The van der Waals surface area contributed by atoms with Crippen LogP contribution in [0, 0.1) is 13.8 Å². The lowest BCUT2D eigenvalue weighted by molar-refractivity contribution is 0.0701. The van der Waals surface area contributed by atoms with Crippen LogP contribution < -0.4 is 5.56 Å². The Morgan fingerprint density at radius 3 is 2.43 bits per heavy atom. The summed E-state index contributed by atoms with van der Waals surface area (Å²) in [6.45, 7) is 3.61. The zero-order valence-corrected chi connectivity index (χ0v) is 20.2. The smallest absolute Gasteiger partial charge is 0.347 e. The van der Waals surface area contributed by atoms with Crippen LogP contribution in [-0.4, -0.2) is 30.8 Å². The van der Waals surface area contributed by atoms with Crippen molar-refractivity contribution >= 4 is 39.5 Å². The van der Waals surface area contributed by atoms with Gasteiger partial charge in [0.15, 0.2) is 5.69 Å². The van der Waals surface area contributed by atoms with E-state index in [0.29, 0.717) is 16.5 Å². The summed E-state index contributed by atoms with van der Waals surface area (Å²) in [6.07, 6.45) is 0. The van der Waals surface area contributed by atoms with Crippen LogP contribution in [-0.2, 0) is 0 Å². The lowest BCUT2D eigenvalue weighted by atomic mass is 10.1. The molecule has 2 aromatic carbocycles. The Kier molecular flexibility index (Phi) is 5.93. The third-order valence-electron chi connectivity index (χ3n) is 5.17. The fraction of sp³-hybridized carbons (Fsp3) is 0.0833. The van der Waals surface area contributed by atoms with Gasteiger partial charge in [0.25, 0.3) is 0 Å². The molecule has 11 heteroatoms. The summed E-state index contributed by atoms with van der Waals surface area (Å²) in [6, 6.07) is 17.3. The molecule has 0 atom stereocenters. The number of rotatable bonds is 6. The number of aromatic nitrogens is 4. The van der Waals surface area contributed by atoms with E-state index in [9.17, 15) is 14.7 Å². The average molecular weight is 503 g/mol. The third kappa shape index (κ3) is 4.46. The molecule has 3 heterocycles. The minimum atomic E-state index is -1.08. The van der Waals surface area contributed by atoms with Gasteiger partial charge in [0.1, 0.15) is 4.88 Å². The second-order valence-electron chi connectivity index (χ2n) is 7.64. The van der Waals surface area contributed by atoms with E-state index >= 15 is 0 Å². The van der Waals surface area contributed by atoms with E-state index < -0.39 is 11.5 Å². The van der Waals surface area contributed by atoms with Crippen LogP contribution in [0.25, 0.3) is 27.6 Å². The summed E-state index contributed by atoms with van der Waals surface area (Å²) in [7, 11) is 0. The number of azo groups is 1. The van der Waals surface area contributed by atoms with E-state index in [0.717, 1.165) is 33.7 Å². The molecular weight excluding hydrogens is 484 g/mol. The van der Waals surface area contributed by atoms with Gasteiger partial charge in [-0.3, -0.25) is 9.89 Å². The predicted octanol–water partition coefficient (Wildman–Crippen LogP) is 6.14. The van der Waals surface area contributed by atoms with Crippen LogP contribution in [0.1, 0.15) is 20.9 Å². The van der Waals surface area contributed by atoms with E-state index in [1.807, 2.05) is 66.9 Å². The number of carbonyl (C=O) groups is 1. The zero-order valence-electron chi connectivity index (χ0n) is 18.6. The molecule has 2 N–H and O–H groups in total. The second-order valence-corrected chi connectivity index (χ2v) is 9.45. The van der Waals surface area contributed by atoms with E-state index in [4.69, 9.17) is 0 Å². The van der Waals surface area contributed by atoms with Crippen molar-refractivity contribution < 1.29 is 9.90 Å². The fourth-order valence-electron chi connectivity index (χ4n) is 3.40. The van der Waals surface area contributed by atoms with E-state index in [2.05, 4.69) is 25.3 Å². The first-order valence-corrected chi connectivity index (χ1v) is 12.2. The topological polar surface area (TPSA) is 126 Å². The molecule has 0 saturated carbocycles. The van der Waals surface area contributed by atoms with E-state index in [-0.39, 0.29) is 15.7 Å². The number of aryl methyl sites for hydroxylation is 2. The normalized spacial score (nSPS) is 11.4. The number of aromatic amines is 1. The highest BCUT2D eigenvalue weighted by atomic mass is 32.1. The summed E-state index contributed by atoms with van der Waals surface area (Å²) in [5.41, 5.74) is 4.07. The van der Waals surface area contributed by atoms with Crippen molar-refractivity contribution in [2.75, 3.05) is 0 Å². The number of H-pyrrole nitrogens is 1. The third-order valence-corrected chi connectivity index (χ3v) is 7.03. The monoisotopic (exact) mass is 502 g/mol. The first-order chi connectivity index (χ1) is 16.9. The van der Waals surface area contributed by atoms with Gasteiger partial charge >= 0.3 is 11.5 Å². The molecule has 9 nitrogen and oxygen atoms in total. The predicted molar refractivity (Wildman–Crippen MR) is 136 cm³/mol. The van der Waals surface area contributed by atoms with Gasteiger partial charge < -0.3 is 5.11 Å². The largest absolute Gasteiger partial charge is 0.477 e. The zero-order chi connectivity index (χ0) is 24.5. The fourth-order valence-corrected chi connectivity index (χ4v) is 4.92. The number of nitrogens with one attached hydrogen (secondary N) is 1. The summed E-state index contributed by atoms with van der Waals surface area (Å²) >= 11 is 2.23. The Morgan fingerprint density at radius 2 is 1.74 bits per heavy atom. The van der Waals surface area contributed by atoms with Gasteiger partial charge in [0, 0.05) is 16.5 Å². The van der Waals surface area contributed by atoms with Crippen molar-refractivity contribution in [3.05, 3.63) is 86.5 Å². The van der Waals surface area contributed by atoms with Crippen molar-refractivity contribution in [2.45, 2.75) is 13.8 Å². The first kappa shape index (κ1) is 22.6. The number of thiazole rings is 2. The van der Waals surface area contributed by atoms with Crippen LogP contribution >= 0.6 is 22.7 Å². The molecule has 174 valence electrons. The van der Waals surface area contributed by atoms with E-state index in [1.54, 1.807) is 6.92 Å². The Hall–Kier alpha value is -4.22. The SMILES string of the molecule is Cc1ccc(-c2csc(-n3[nH]c(-c4ccccc4)c(N=Nc4nc(C)c(C(=O)O)s4)c3=O)n2)cc1. The summed E-state index contributed by atoms with van der Waals surface area (Å²) in [5, 5.41) is 23.1. The van der Waals surface area contributed by atoms with Gasteiger partial charge in [0.2, 0.25) is 10.3 Å².